The van der Waals surface area contributed by atoms with Crippen molar-refractivity contribution in [2.45, 2.75) is 6.92 Å². The van der Waals surface area contributed by atoms with Gasteiger partial charge in [0.15, 0.2) is 5.82 Å². The molecule has 0 saturated carbocycles. The molecule has 0 spiro atoms. The van der Waals surface area contributed by atoms with E-state index in [-0.39, 0.29) is 4.99 Å². The van der Waals surface area contributed by atoms with Gasteiger partial charge in [-0.3, -0.25) is 0 Å². The molecule has 0 saturated heterocycles. The second kappa shape index (κ2) is 4.07. The number of hydrogen-bond acceptors (Lipinski definition) is 6. The molecular weight excluding hydrogens is 268 g/mol. The summed E-state index contributed by atoms with van der Waals surface area (Å²) in [4.78, 5) is 12.7. The highest BCUT2D eigenvalue weighted by Crippen LogP contribution is 2.26. The number of hydrogen-bond donors (Lipinski definition) is 1. The van der Waals surface area contributed by atoms with Gasteiger partial charge in [0.1, 0.15) is 17.6 Å². The Morgan fingerprint density at radius 3 is 2.94 bits per heavy atom. The Hall–Kier alpha value is -1.93. The molecule has 0 radical (unpaired) electrons. The summed E-state index contributed by atoms with van der Waals surface area (Å²) in [6, 6.07) is 0. The monoisotopic (exact) mass is 276 g/mol. The minimum Gasteiger partial charge on any atom is -0.387 e. The predicted octanol–water partition coefficient (Wildman–Crippen LogP) is 1.21. The third-order valence-corrected chi connectivity index (χ3v) is 3.71. The highest BCUT2D eigenvalue weighted by atomic mass is 32.1. The standard InChI is InChI=1S/C10H8N6S2/c1-5-2-18-7-6(5)12-3-13-10(7)16-4-14-9(15-16)8(11)17/h2-4H,1H3,(H2,11,17). The molecular formula is C10H8N6S2. The summed E-state index contributed by atoms with van der Waals surface area (Å²) in [6.07, 6.45) is 3.06. The van der Waals surface area contributed by atoms with Gasteiger partial charge < -0.3 is 5.73 Å². The summed E-state index contributed by atoms with van der Waals surface area (Å²) >= 11 is 6.41. The van der Waals surface area contributed by atoms with Crippen LogP contribution in [0.15, 0.2) is 18.0 Å². The molecule has 2 N–H and O–H groups in total. The number of rotatable bonds is 2. The van der Waals surface area contributed by atoms with E-state index in [0.29, 0.717) is 11.6 Å². The fourth-order valence-electron chi connectivity index (χ4n) is 1.60. The van der Waals surface area contributed by atoms with Crippen molar-refractivity contribution < 1.29 is 0 Å². The Labute approximate surface area is 112 Å². The number of nitrogens with two attached hydrogens (primary N) is 1. The fourth-order valence-corrected chi connectivity index (χ4v) is 2.67. The van der Waals surface area contributed by atoms with Gasteiger partial charge >= 0.3 is 0 Å². The molecule has 3 heterocycles. The second-order valence-electron chi connectivity index (χ2n) is 3.67. The average Bonchev–Trinajstić information content (AvgIpc) is 2.97. The van der Waals surface area contributed by atoms with Gasteiger partial charge in [0, 0.05) is 0 Å². The summed E-state index contributed by atoms with van der Waals surface area (Å²) in [5, 5.41) is 6.23. The molecule has 6 nitrogen and oxygen atoms in total. The van der Waals surface area contributed by atoms with Gasteiger partial charge in [0.25, 0.3) is 0 Å². The van der Waals surface area contributed by atoms with Gasteiger partial charge in [-0.25, -0.2) is 19.6 Å². The van der Waals surface area contributed by atoms with Crippen LogP contribution in [0, 0.1) is 6.92 Å². The fraction of sp³-hybridized carbons (Fsp3) is 0.100. The number of nitrogens with zero attached hydrogens (tertiary/aromatic N) is 5. The van der Waals surface area contributed by atoms with Crippen LogP contribution in [0.25, 0.3) is 16.0 Å². The smallest absolute Gasteiger partial charge is 0.208 e. The molecule has 18 heavy (non-hydrogen) atoms. The third kappa shape index (κ3) is 1.66. The zero-order valence-corrected chi connectivity index (χ0v) is 11.0. The van der Waals surface area contributed by atoms with Crippen LogP contribution < -0.4 is 5.73 Å². The lowest BCUT2D eigenvalue weighted by Crippen LogP contribution is -2.12. The lowest BCUT2D eigenvalue weighted by atomic mass is 10.3. The minimum absolute atomic E-state index is 0.168. The van der Waals surface area contributed by atoms with E-state index in [0.717, 1.165) is 15.8 Å². The number of aromatic nitrogens is 5. The Balaban J connectivity index is 2.21. The molecule has 0 bridgehead atoms. The van der Waals surface area contributed by atoms with E-state index in [1.807, 2.05) is 12.3 Å². The minimum atomic E-state index is 0.168. The number of thiocarbonyl (C=S) groups is 1. The van der Waals surface area contributed by atoms with E-state index in [9.17, 15) is 0 Å². The van der Waals surface area contributed by atoms with Gasteiger partial charge in [-0.05, 0) is 17.9 Å². The summed E-state index contributed by atoms with van der Waals surface area (Å²) < 4.78 is 2.53. The quantitative estimate of drug-likeness (QED) is 0.708. The molecule has 0 unspecified atom stereocenters. The predicted molar refractivity (Wildman–Crippen MR) is 73.0 cm³/mol. The van der Waals surface area contributed by atoms with Crippen LogP contribution in [0.4, 0.5) is 0 Å². The van der Waals surface area contributed by atoms with E-state index in [4.69, 9.17) is 18.0 Å². The maximum Gasteiger partial charge on any atom is 0.208 e. The first-order chi connectivity index (χ1) is 8.66. The Morgan fingerprint density at radius 1 is 1.39 bits per heavy atom. The van der Waals surface area contributed by atoms with Gasteiger partial charge in [-0.15, -0.1) is 16.4 Å². The molecule has 0 aliphatic rings. The molecule has 8 heteroatoms. The van der Waals surface area contributed by atoms with Crippen LogP contribution in [0.3, 0.4) is 0 Å². The summed E-state index contributed by atoms with van der Waals surface area (Å²) in [5.41, 5.74) is 7.53. The van der Waals surface area contributed by atoms with Crippen LogP contribution in [-0.4, -0.2) is 29.7 Å². The Kier molecular flexibility index (Phi) is 2.53. The van der Waals surface area contributed by atoms with Crippen molar-refractivity contribution in [2.24, 2.45) is 5.73 Å². The number of thiophene rings is 1. The highest BCUT2D eigenvalue weighted by molar-refractivity contribution is 7.80. The summed E-state index contributed by atoms with van der Waals surface area (Å²) in [7, 11) is 0. The summed E-state index contributed by atoms with van der Waals surface area (Å²) in [5.74, 6) is 1.03. The topological polar surface area (TPSA) is 82.5 Å². The zero-order chi connectivity index (χ0) is 12.7. The normalized spacial score (nSPS) is 10.9. The largest absolute Gasteiger partial charge is 0.387 e. The molecule has 0 amide bonds. The molecule has 0 atom stereocenters. The SMILES string of the molecule is Cc1csc2c(-n3cnc(C(N)=S)n3)ncnc12. The maximum absolute atomic E-state index is 5.48. The summed E-state index contributed by atoms with van der Waals surface area (Å²) in [6.45, 7) is 2.01. The molecule has 0 aliphatic heterocycles. The van der Waals surface area contributed by atoms with Crippen LogP contribution in [-0.2, 0) is 0 Å². The van der Waals surface area contributed by atoms with Gasteiger partial charge in [-0.1, -0.05) is 12.2 Å². The Bertz CT molecular complexity index is 744. The van der Waals surface area contributed by atoms with E-state index < -0.39 is 0 Å². The van der Waals surface area contributed by atoms with Crippen LogP contribution in [0.1, 0.15) is 11.4 Å². The number of aryl methyl sites for hydroxylation is 1. The molecule has 3 aromatic rings. The van der Waals surface area contributed by atoms with Crippen molar-refractivity contribution in [3.8, 4) is 5.82 Å². The van der Waals surface area contributed by atoms with Gasteiger partial charge in [-0.2, -0.15) is 0 Å². The van der Waals surface area contributed by atoms with Crippen molar-refractivity contribution in [3.63, 3.8) is 0 Å². The maximum atomic E-state index is 5.48. The van der Waals surface area contributed by atoms with Gasteiger partial charge in [0.2, 0.25) is 5.82 Å². The lowest BCUT2D eigenvalue weighted by Gasteiger charge is -2.00. The Morgan fingerprint density at radius 2 is 2.22 bits per heavy atom. The first-order valence-corrected chi connectivity index (χ1v) is 6.36. The van der Waals surface area contributed by atoms with Crippen molar-refractivity contribution in [1.29, 1.82) is 0 Å². The van der Waals surface area contributed by atoms with Crippen molar-refractivity contribution in [1.82, 2.24) is 24.7 Å². The second-order valence-corrected chi connectivity index (χ2v) is 4.99. The zero-order valence-electron chi connectivity index (χ0n) is 9.36. The van der Waals surface area contributed by atoms with E-state index in [1.54, 1.807) is 22.3 Å². The first kappa shape index (κ1) is 11.2. The van der Waals surface area contributed by atoms with Crippen molar-refractivity contribution >= 4 is 38.8 Å². The van der Waals surface area contributed by atoms with E-state index in [1.165, 1.54) is 6.33 Å². The van der Waals surface area contributed by atoms with E-state index in [2.05, 4.69) is 20.1 Å². The first-order valence-electron chi connectivity index (χ1n) is 5.07. The molecule has 0 aromatic carbocycles. The molecule has 0 aliphatic carbocycles. The molecule has 90 valence electrons. The van der Waals surface area contributed by atoms with Crippen molar-refractivity contribution in [2.75, 3.05) is 0 Å². The van der Waals surface area contributed by atoms with Gasteiger partial charge in [0.05, 0.1) is 10.2 Å². The molecule has 0 fully saturated rings. The molecule has 3 rings (SSSR count). The number of fused-ring (bicyclic) bond motifs is 1. The van der Waals surface area contributed by atoms with Crippen LogP contribution in [0.2, 0.25) is 0 Å². The lowest BCUT2D eigenvalue weighted by molar-refractivity contribution is 0.848. The molecule has 3 aromatic heterocycles. The van der Waals surface area contributed by atoms with E-state index >= 15 is 0 Å². The highest BCUT2D eigenvalue weighted by Gasteiger charge is 2.12. The third-order valence-electron chi connectivity index (χ3n) is 2.44. The van der Waals surface area contributed by atoms with Crippen molar-refractivity contribution in [3.05, 3.63) is 29.4 Å². The van der Waals surface area contributed by atoms with Crippen LogP contribution in [0.5, 0.6) is 0 Å². The average molecular weight is 276 g/mol. The van der Waals surface area contributed by atoms with Crippen LogP contribution >= 0.6 is 23.6 Å².